The monoisotopic (exact) mass is 331 g/mol. The number of hydrogen-bond acceptors (Lipinski definition) is 3. The third-order valence-corrected chi connectivity index (χ3v) is 4.47. The summed E-state index contributed by atoms with van der Waals surface area (Å²) in [5.41, 5.74) is 2.43. The van der Waals surface area contributed by atoms with E-state index in [2.05, 4.69) is 10.3 Å². The molecule has 0 fully saturated rings. The molecule has 0 unspecified atom stereocenters. The van der Waals surface area contributed by atoms with E-state index in [9.17, 15) is 4.79 Å². The molecule has 2 aromatic heterocycles. The van der Waals surface area contributed by atoms with Crippen molar-refractivity contribution in [2.45, 2.75) is 13.3 Å². The molecule has 1 aromatic carbocycles. The molecule has 3 aromatic rings. The number of thiazole rings is 1. The van der Waals surface area contributed by atoms with Crippen LogP contribution in [0.1, 0.15) is 11.3 Å². The van der Waals surface area contributed by atoms with Crippen LogP contribution in [-0.2, 0) is 11.2 Å². The number of amides is 1. The second-order valence-electron chi connectivity index (χ2n) is 4.90. The maximum Gasteiger partial charge on any atom is 0.230 e. The first-order valence-electron chi connectivity index (χ1n) is 6.75. The number of aromatic nitrogens is 2. The van der Waals surface area contributed by atoms with Gasteiger partial charge in [-0.1, -0.05) is 17.7 Å². The fourth-order valence-electron chi connectivity index (χ4n) is 2.00. The number of nitrogens with zero attached hydrogens (tertiary/aromatic N) is 2. The van der Waals surface area contributed by atoms with E-state index in [4.69, 9.17) is 11.6 Å². The van der Waals surface area contributed by atoms with Gasteiger partial charge in [0.05, 0.1) is 12.1 Å². The average Bonchev–Trinajstić information content (AvgIpc) is 3.13. The highest BCUT2D eigenvalue weighted by Crippen LogP contribution is 2.20. The van der Waals surface area contributed by atoms with Gasteiger partial charge >= 0.3 is 0 Å². The number of carbonyl (C=O) groups is 1. The molecular formula is C16H14ClN3OS. The van der Waals surface area contributed by atoms with Crippen molar-refractivity contribution in [2.75, 3.05) is 5.32 Å². The van der Waals surface area contributed by atoms with Gasteiger partial charge in [0.2, 0.25) is 5.91 Å². The zero-order chi connectivity index (χ0) is 15.5. The highest BCUT2D eigenvalue weighted by atomic mass is 35.5. The summed E-state index contributed by atoms with van der Waals surface area (Å²) in [6.07, 6.45) is 4.09. The number of hydrogen-bond donors (Lipinski definition) is 1. The van der Waals surface area contributed by atoms with Crippen LogP contribution in [0.2, 0.25) is 5.02 Å². The predicted molar refractivity (Wildman–Crippen MR) is 90.0 cm³/mol. The molecule has 1 amide bonds. The largest absolute Gasteiger partial charge is 0.326 e. The molecule has 4 nitrogen and oxygen atoms in total. The summed E-state index contributed by atoms with van der Waals surface area (Å²) >= 11 is 7.56. The second-order valence-corrected chi connectivity index (χ2v) is 6.14. The number of anilines is 1. The minimum Gasteiger partial charge on any atom is -0.326 e. The van der Waals surface area contributed by atoms with Crippen molar-refractivity contribution < 1.29 is 4.79 Å². The number of benzene rings is 1. The molecule has 0 spiro atoms. The summed E-state index contributed by atoms with van der Waals surface area (Å²) in [5, 5.41) is 6.23. The van der Waals surface area contributed by atoms with E-state index in [1.807, 2.05) is 53.5 Å². The van der Waals surface area contributed by atoms with Crippen molar-refractivity contribution in [3.8, 4) is 5.13 Å². The lowest BCUT2D eigenvalue weighted by atomic mass is 10.2. The Morgan fingerprint density at radius 2 is 2.14 bits per heavy atom. The third kappa shape index (κ3) is 3.37. The van der Waals surface area contributed by atoms with Gasteiger partial charge in [0.15, 0.2) is 5.13 Å². The fourth-order valence-corrected chi connectivity index (χ4v) is 2.97. The standard InChI is InChI=1S/C16H14ClN3OS/c1-11-4-5-12(8-14(11)17)18-15(21)9-13-10-22-16(19-13)20-6-2-3-7-20/h2-8,10H,9H2,1H3,(H,18,21). The Morgan fingerprint density at radius 1 is 1.36 bits per heavy atom. The normalized spacial score (nSPS) is 10.6. The lowest BCUT2D eigenvalue weighted by Crippen LogP contribution is -2.14. The SMILES string of the molecule is Cc1ccc(NC(=O)Cc2csc(-n3cccc3)n2)cc1Cl. The Hall–Kier alpha value is -2.11. The Labute approximate surface area is 137 Å². The first-order valence-corrected chi connectivity index (χ1v) is 8.01. The van der Waals surface area contributed by atoms with Crippen LogP contribution in [0.15, 0.2) is 48.1 Å². The molecule has 1 N–H and O–H groups in total. The molecule has 0 aliphatic carbocycles. The van der Waals surface area contributed by atoms with Crippen molar-refractivity contribution in [3.63, 3.8) is 0 Å². The fraction of sp³-hybridized carbons (Fsp3) is 0.125. The maximum absolute atomic E-state index is 12.1. The van der Waals surface area contributed by atoms with E-state index in [-0.39, 0.29) is 12.3 Å². The Kier molecular flexibility index (Phi) is 4.27. The number of nitrogens with one attached hydrogen (secondary N) is 1. The molecule has 0 saturated carbocycles. The summed E-state index contributed by atoms with van der Waals surface area (Å²) < 4.78 is 1.92. The van der Waals surface area contributed by atoms with Crippen LogP contribution in [0.4, 0.5) is 5.69 Å². The van der Waals surface area contributed by atoms with Crippen LogP contribution >= 0.6 is 22.9 Å². The zero-order valence-corrected chi connectivity index (χ0v) is 13.5. The summed E-state index contributed by atoms with van der Waals surface area (Å²) in [7, 11) is 0. The quantitative estimate of drug-likeness (QED) is 0.783. The van der Waals surface area contributed by atoms with Crippen LogP contribution < -0.4 is 5.32 Å². The van der Waals surface area contributed by atoms with E-state index in [1.165, 1.54) is 11.3 Å². The first kappa shape index (κ1) is 14.8. The molecule has 0 atom stereocenters. The molecule has 0 bridgehead atoms. The Morgan fingerprint density at radius 3 is 2.86 bits per heavy atom. The number of rotatable bonds is 4. The topological polar surface area (TPSA) is 46.9 Å². The van der Waals surface area contributed by atoms with E-state index in [1.54, 1.807) is 6.07 Å². The Bertz CT molecular complexity index is 796. The van der Waals surface area contributed by atoms with E-state index >= 15 is 0 Å². The van der Waals surface area contributed by atoms with Crippen LogP contribution in [0, 0.1) is 6.92 Å². The molecule has 2 heterocycles. The van der Waals surface area contributed by atoms with Gasteiger partial charge in [-0.25, -0.2) is 4.98 Å². The van der Waals surface area contributed by atoms with Crippen molar-refractivity contribution in [2.24, 2.45) is 0 Å². The van der Waals surface area contributed by atoms with E-state index < -0.39 is 0 Å². The van der Waals surface area contributed by atoms with Gasteiger partial charge < -0.3 is 9.88 Å². The molecule has 22 heavy (non-hydrogen) atoms. The van der Waals surface area contributed by atoms with Crippen molar-refractivity contribution in [1.29, 1.82) is 0 Å². The molecule has 0 aliphatic rings. The minimum absolute atomic E-state index is 0.107. The van der Waals surface area contributed by atoms with Crippen molar-refractivity contribution in [1.82, 2.24) is 9.55 Å². The zero-order valence-electron chi connectivity index (χ0n) is 11.9. The molecule has 6 heteroatoms. The van der Waals surface area contributed by atoms with Gasteiger partial charge in [-0.2, -0.15) is 0 Å². The van der Waals surface area contributed by atoms with Gasteiger partial charge in [0.1, 0.15) is 0 Å². The summed E-state index contributed by atoms with van der Waals surface area (Å²) in [6, 6.07) is 9.35. The average molecular weight is 332 g/mol. The van der Waals surface area contributed by atoms with Gasteiger partial charge in [0.25, 0.3) is 0 Å². The summed E-state index contributed by atoms with van der Waals surface area (Å²) in [6.45, 7) is 1.92. The minimum atomic E-state index is -0.107. The summed E-state index contributed by atoms with van der Waals surface area (Å²) in [4.78, 5) is 16.5. The van der Waals surface area contributed by atoms with Gasteiger partial charge in [-0.05, 0) is 36.8 Å². The number of carbonyl (C=O) groups excluding carboxylic acids is 1. The van der Waals surface area contributed by atoms with Crippen molar-refractivity contribution >= 4 is 34.5 Å². The third-order valence-electron chi connectivity index (χ3n) is 3.16. The smallest absolute Gasteiger partial charge is 0.230 e. The van der Waals surface area contributed by atoms with Crippen LogP contribution in [0.3, 0.4) is 0 Å². The summed E-state index contributed by atoms with van der Waals surface area (Å²) in [5.74, 6) is -0.107. The lowest BCUT2D eigenvalue weighted by molar-refractivity contribution is -0.115. The molecule has 0 saturated heterocycles. The predicted octanol–water partition coefficient (Wildman–Crippen LogP) is 4.08. The molecule has 0 radical (unpaired) electrons. The molecular weight excluding hydrogens is 318 g/mol. The van der Waals surface area contributed by atoms with Crippen LogP contribution in [0.5, 0.6) is 0 Å². The Balaban J connectivity index is 1.65. The van der Waals surface area contributed by atoms with Gasteiger partial charge in [-0.3, -0.25) is 4.79 Å². The van der Waals surface area contributed by atoms with E-state index in [0.717, 1.165) is 16.4 Å². The molecule has 3 rings (SSSR count). The van der Waals surface area contributed by atoms with Gasteiger partial charge in [0, 0.05) is 28.5 Å². The molecule has 112 valence electrons. The first-order chi connectivity index (χ1) is 10.6. The van der Waals surface area contributed by atoms with Gasteiger partial charge in [-0.15, -0.1) is 11.3 Å². The highest BCUT2D eigenvalue weighted by molar-refractivity contribution is 7.12. The highest BCUT2D eigenvalue weighted by Gasteiger charge is 2.09. The number of halogens is 1. The number of aryl methyl sites for hydroxylation is 1. The van der Waals surface area contributed by atoms with E-state index in [0.29, 0.717) is 10.7 Å². The van der Waals surface area contributed by atoms with Crippen LogP contribution in [-0.4, -0.2) is 15.5 Å². The lowest BCUT2D eigenvalue weighted by Gasteiger charge is -2.06. The maximum atomic E-state index is 12.1. The second kappa shape index (κ2) is 6.34. The molecule has 0 aliphatic heterocycles. The van der Waals surface area contributed by atoms with Crippen molar-refractivity contribution in [3.05, 3.63) is 64.4 Å². The van der Waals surface area contributed by atoms with Crippen LogP contribution in [0.25, 0.3) is 5.13 Å².